The highest BCUT2D eigenvalue weighted by Gasteiger charge is 2.25. The Morgan fingerprint density at radius 3 is 2.42 bits per heavy atom. The first-order valence-corrected chi connectivity index (χ1v) is 7.09. The molecule has 0 aromatic carbocycles. The van der Waals surface area contributed by atoms with Crippen LogP contribution in [-0.4, -0.2) is 28.0 Å². The van der Waals surface area contributed by atoms with Gasteiger partial charge in [-0.05, 0) is 6.92 Å². The first-order valence-electron chi connectivity index (χ1n) is 5.23. The molecule has 0 saturated heterocycles. The fourth-order valence-corrected chi connectivity index (χ4v) is 3.44. The smallest absolute Gasteiger partial charge is 0.281 e. The maximum absolute atomic E-state index is 12.3. The van der Waals surface area contributed by atoms with Gasteiger partial charge in [-0.1, -0.05) is 11.6 Å². The molecule has 0 bridgehead atoms. The van der Waals surface area contributed by atoms with Crippen LogP contribution in [0.5, 0.6) is 0 Å². The van der Waals surface area contributed by atoms with Crippen LogP contribution in [-0.2, 0) is 24.1 Å². The number of hydrogen-bond acceptors (Lipinski definition) is 5. The van der Waals surface area contributed by atoms with Gasteiger partial charge in [-0.2, -0.15) is 18.6 Å². The lowest BCUT2D eigenvalue weighted by atomic mass is 10.4. The van der Waals surface area contributed by atoms with Crippen LogP contribution in [0, 0.1) is 6.92 Å². The predicted molar refractivity (Wildman–Crippen MR) is 71.4 cm³/mol. The molecule has 10 heteroatoms. The predicted octanol–water partition coefficient (Wildman–Crippen LogP) is 0.498. The summed E-state index contributed by atoms with van der Waals surface area (Å²) in [6.07, 6.45) is 1.26. The zero-order chi connectivity index (χ0) is 14.4. The molecule has 0 unspecified atom stereocenters. The Bertz CT molecular complexity index is 713. The fourth-order valence-electron chi connectivity index (χ4n) is 1.67. The minimum absolute atomic E-state index is 0.0347. The van der Waals surface area contributed by atoms with E-state index in [2.05, 4.69) is 14.9 Å². The van der Waals surface area contributed by atoms with Gasteiger partial charge in [0.25, 0.3) is 10.0 Å². The number of anilines is 2. The zero-order valence-electron chi connectivity index (χ0n) is 10.5. The van der Waals surface area contributed by atoms with Crippen molar-refractivity contribution in [2.24, 2.45) is 14.1 Å². The van der Waals surface area contributed by atoms with Crippen molar-refractivity contribution < 1.29 is 8.42 Å². The first-order chi connectivity index (χ1) is 8.74. The molecule has 0 atom stereocenters. The lowest BCUT2D eigenvalue weighted by molar-refractivity contribution is 0.581. The van der Waals surface area contributed by atoms with E-state index in [0.717, 1.165) is 0 Å². The van der Waals surface area contributed by atoms with Gasteiger partial charge in [-0.25, -0.2) is 4.68 Å². The second kappa shape index (κ2) is 4.42. The van der Waals surface area contributed by atoms with Crippen molar-refractivity contribution in [3.05, 3.63) is 16.9 Å². The molecule has 19 heavy (non-hydrogen) atoms. The fraction of sp³-hybridized carbons (Fsp3) is 0.333. The Balaban J connectivity index is 2.48. The lowest BCUT2D eigenvalue weighted by Crippen LogP contribution is -2.19. The maximum atomic E-state index is 12.3. The zero-order valence-corrected chi connectivity index (χ0v) is 12.1. The third kappa shape index (κ3) is 2.26. The minimum atomic E-state index is -3.89. The molecule has 0 fully saturated rings. The summed E-state index contributed by atoms with van der Waals surface area (Å²) in [4.78, 5) is 0. The van der Waals surface area contributed by atoms with Gasteiger partial charge in [0.2, 0.25) is 0 Å². The van der Waals surface area contributed by atoms with Crippen molar-refractivity contribution in [2.45, 2.75) is 11.9 Å². The average molecular weight is 305 g/mol. The second-order valence-corrected chi connectivity index (χ2v) is 6.00. The van der Waals surface area contributed by atoms with Crippen LogP contribution in [0.3, 0.4) is 0 Å². The van der Waals surface area contributed by atoms with Crippen molar-refractivity contribution in [1.82, 2.24) is 19.6 Å². The van der Waals surface area contributed by atoms with Crippen LogP contribution in [0.15, 0.2) is 11.2 Å². The van der Waals surface area contributed by atoms with E-state index in [1.54, 1.807) is 14.0 Å². The highest BCUT2D eigenvalue weighted by molar-refractivity contribution is 7.92. The van der Waals surface area contributed by atoms with Gasteiger partial charge in [0.1, 0.15) is 0 Å². The van der Waals surface area contributed by atoms with Crippen molar-refractivity contribution >= 4 is 33.1 Å². The SMILES string of the molecule is Cc1nn(C)c(NS(=O)(=O)c2c(Cl)cnn2C)c1N. The highest BCUT2D eigenvalue weighted by atomic mass is 35.5. The van der Waals surface area contributed by atoms with Crippen LogP contribution in [0.1, 0.15) is 5.69 Å². The van der Waals surface area contributed by atoms with E-state index in [9.17, 15) is 8.42 Å². The molecule has 0 aliphatic rings. The molecule has 0 spiro atoms. The molecule has 104 valence electrons. The number of hydrogen-bond donors (Lipinski definition) is 2. The van der Waals surface area contributed by atoms with Crippen LogP contribution in [0.4, 0.5) is 11.5 Å². The molecular weight excluding hydrogens is 292 g/mol. The van der Waals surface area contributed by atoms with Gasteiger partial charge in [0, 0.05) is 14.1 Å². The van der Waals surface area contributed by atoms with E-state index >= 15 is 0 Å². The molecule has 3 N–H and O–H groups in total. The number of halogens is 1. The number of rotatable bonds is 3. The van der Waals surface area contributed by atoms with Gasteiger partial charge in [-0.15, -0.1) is 0 Å². The Morgan fingerprint density at radius 1 is 1.37 bits per heavy atom. The Labute approximate surface area is 115 Å². The van der Waals surface area contributed by atoms with E-state index in [1.165, 1.54) is 22.6 Å². The quantitative estimate of drug-likeness (QED) is 0.858. The van der Waals surface area contributed by atoms with Gasteiger partial charge in [0.05, 0.1) is 22.6 Å². The summed E-state index contributed by atoms with van der Waals surface area (Å²) in [5.41, 5.74) is 6.58. The molecule has 0 radical (unpaired) electrons. The molecule has 8 nitrogen and oxygen atoms in total. The number of nitrogen functional groups attached to an aromatic ring is 1. The number of aryl methyl sites for hydroxylation is 3. The van der Waals surface area contributed by atoms with Crippen molar-refractivity contribution in [3.63, 3.8) is 0 Å². The van der Waals surface area contributed by atoms with Crippen LogP contribution in [0.2, 0.25) is 5.02 Å². The Morgan fingerprint density at radius 2 is 2.00 bits per heavy atom. The third-order valence-corrected chi connectivity index (χ3v) is 4.44. The summed E-state index contributed by atoms with van der Waals surface area (Å²) < 4.78 is 29.4. The average Bonchev–Trinajstić information content (AvgIpc) is 2.74. The molecule has 2 aromatic heterocycles. The van der Waals surface area contributed by atoms with Crippen molar-refractivity contribution in [1.29, 1.82) is 0 Å². The van der Waals surface area contributed by atoms with Crippen molar-refractivity contribution in [3.8, 4) is 0 Å². The van der Waals surface area contributed by atoms with E-state index in [-0.39, 0.29) is 21.6 Å². The van der Waals surface area contributed by atoms with Crippen LogP contribution >= 0.6 is 11.6 Å². The number of aromatic nitrogens is 4. The highest BCUT2D eigenvalue weighted by Crippen LogP contribution is 2.26. The molecule has 0 amide bonds. The molecule has 0 saturated carbocycles. The number of nitrogens with zero attached hydrogens (tertiary/aromatic N) is 4. The minimum Gasteiger partial charge on any atom is -0.394 e. The largest absolute Gasteiger partial charge is 0.394 e. The normalized spacial score (nSPS) is 11.8. The molecular formula is C9H13ClN6O2S. The summed E-state index contributed by atoms with van der Waals surface area (Å²) in [5, 5.41) is 7.72. The summed E-state index contributed by atoms with van der Waals surface area (Å²) in [5.74, 6) is 0.190. The molecule has 0 aliphatic heterocycles. The van der Waals surface area contributed by atoms with E-state index in [0.29, 0.717) is 5.69 Å². The third-order valence-electron chi connectivity index (χ3n) is 2.60. The first kappa shape index (κ1) is 13.7. The summed E-state index contributed by atoms with van der Waals surface area (Å²) in [6, 6.07) is 0. The number of nitrogens with two attached hydrogens (primary N) is 1. The molecule has 2 aromatic rings. The summed E-state index contributed by atoms with van der Waals surface area (Å²) in [6.45, 7) is 1.68. The summed E-state index contributed by atoms with van der Waals surface area (Å²) in [7, 11) is -0.812. The molecule has 0 aliphatic carbocycles. The topological polar surface area (TPSA) is 108 Å². The molecule has 2 rings (SSSR count). The second-order valence-electron chi connectivity index (χ2n) is 4.00. The van der Waals surface area contributed by atoms with Crippen molar-refractivity contribution in [2.75, 3.05) is 10.5 Å². The monoisotopic (exact) mass is 304 g/mol. The van der Waals surface area contributed by atoms with Crippen LogP contribution < -0.4 is 10.5 Å². The maximum Gasteiger partial charge on any atom is 0.281 e. The number of sulfonamides is 1. The Hall–Kier alpha value is -1.74. The van der Waals surface area contributed by atoms with E-state index < -0.39 is 10.0 Å². The van der Waals surface area contributed by atoms with Crippen LogP contribution in [0.25, 0.3) is 0 Å². The summed E-state index contributed by atoms with van der Waals surface area (Å²) >= 11 is 5.82. The van der Waals surface area contributed by atoms with Gasteiger partial charge >= 0.3 is 0 Å². The van der Waals surface area contributed by atoms with Gasteiger partial charge < -0.3 is 5.73 Å². The Kier molecular flexibility index (Phi) is 3.19. The van der Waals surface area contributed by atoms with E-state index in [1.807, 2.05) is 0 Å². The van der Waals surface area contributed by atoms with Gasteiger partial charge in [-0.3, -0.25) is 9.40 Å². The van der Waals surface area contributed by atoms with E-state index in [4.69, 9.17) is 17.3 Å². The standard InChI is InChI=1S/C9H13ClN6O2S/c1-5-7(11)8(15(2)13-5)14-19(17,18)9-6(10)4-12-16(9)3/h4,14H,11H2,1-3H3. The van der Waals surface area contributed by atoms with Gasteiger partial charge in [0.15, 0.2) is 10.8 Å². The number of nitrogens with one attached hydrogen (secondary N) is 1. The lowest BCUT2D eigenvalue weighted by Gasteiger charge is -2.09. The molecule has 2 heterocycles.